The average Bonchev–Trinajstić information content (AvgIpc) is 3.24. The van der Waals surface area contributed by atoms with Crippen molar-refractivity contribution < 1.29 is 28.2 Å². The van der Waals surface area contributed by atoms with E-state index in [4.69, 9.17) is 9.47 Å². The highest BCUT2D eigenvalue weighted by molar-refractivity contribution is 6.00. The van der Waals surface area contributed by atoms with E-state index in [1.807, 2.05) is 35.2 Å². The molecule has 0 radical (unpaired) electrons. The minimum atomic E-state index is -0.891. The molecule has 0 saturated carbocycles. The lowest BCUT2D eigenvalue weighted by Gasteiger charge is -2.43. The summed E-state index contributed by atoms with van der Waals surface area (Å²) in [6.07, 6.45) is 0.808. The minimum Gasteiger partial charge on any atom is -0.497 e. The lowest BCUT2D eigenvalue weighted by Crippen LogP contribution is -2.57. The van der Waals surface area contributed by atoms with Gasteiger partial charge in [0.1, 0.15) is 29.4 Å². The van der Waals surface area contributed by atoms with Crippen LogP contribution in [0.25, 0.3) is 0 Å². The van der Waals surface area contributed by atoms with Gasteiger partial charge in [0.05, 0.1) is 26.5 Å². The highest BCUT2D eigenvalue weighted by Crippen LogP contribution is 2.40. The zero-order valence-corrected chi connectivity index (χ0v) is 22.4. The van der Waals surface area contributed by atoms with Crippen LogP contribution in [0.4, 0.5) is 15.8 Å². The molecule has 2 saturated heterocycles. The third-order valence-corrected chi connectivity index (χ3v) is 7.56. The molecule has 0 aromatic heterocycles. The van der Waals surface area contributed by atoms with Crippen LogP contribution in [-0.4, -0.2) is 73.6 Å². The van der Waals surface area contributed by atoms with Gasteiger partial charge in [-0.3, -0.25) is 14.4 Å². The molecule has 1 spiro atoms. The van der Waals surface area contributed by atoms with Gasteiger partial charge in [-0.25, -0.2) is 4.39 Å². The summed E-state index contributed by atoms with van der Waals surface area (Å²) in [5.41, 5.74) is 0.858. The van der Waals surface area contributed by atoms with Gasteiger partial charge in [-0.05, 0) is 61.4 Å². The van der Waals surface area contributed by atoms with Crippen LogP contribution in [0.5, 0.6) is 11.5 Å². The van der Waals surface area contributed by atoms with Gasteiger partial charge in [-0.15, -0.1) is 0 Å². The number of likely N-dealkylation sites (tertiary alicyclic amines) is 1. The minimum absolute atomic E-state index is 0.146. The van der Waals surface area contributed by atoms with Crippen molar-refractivity contribution in [2.45, 2.75) is 18.4 Å². The topological polar surface area (TPSA) is 91.4 Å². The smallest absolute Gasteiger partial charge is 0.257 e. The van der Waals surface area contributed by atoms with Gasteiger partial charge in [0.2, 0.25) is 5.91 Å². The van der Waals surface area contributed by atoms with Gasteiger partial charge in [0.25, 0.3) is 11.8 Å². The van der Waals surface area contributed by atoms with Crippen molar-refractivity contribution in [3.8, 4) is 11.5 Å². The zero-order valence-electron chi connectivity index (χ0n) is 22.4. The second kappa shape index (κ2) is 11.3. The van der Waals surface area contributed by atoms with E-state index in [9.17, 15) is 18.8 Å². The number of ether oxygens (including phenoxy) is 2. The number of hydrogen-bond acceptors (Lipinski definition) is 6. The van der Waals surface area contributed by atoms with E-state index in [2.05, 4.69) is 5.32 Å². The molecule has 0 bridgehead atoms. The largest absolute Gasteiger partial charge is 0.497 e. The Morgan fingerprint density at radius 1 is 0.950 bits per heavy atom. The van der Waals surface area contributed by atoms with E-state index in [1.54, 1.807) is 30.2 Å². The number of benzene rings is 3. The molecule has 208 valence electrons. The number of amides is 3. The van der Waals surface area contributed by atoms with Crippen molar-refractivity contribution in [1.82, 2.24) is 9.80 Å². The Bertz CT molecular complexity index is 1390. The Morgan fingerprint density at radius 3 is 2.30 bits per heavy atom. The van der Waals surface area contributed by atoms with Crippen LogP contribution in [0.1, 0.15) is 23.2 Å². The van der Waals surface area contributed by atoms with Crippen LogP contribution in [0.3, 0.4) is 0 Å². The first kappa shape index (κ1) is 27.0. The number of carbonyl (C=O) groups excluding carboxylic acids is 3. The maximum absolute atomic E-state index is 13.9. The number of anilines is 2. The molecule has 0 unspecified atom stereocenters. The number of para-hydroxylation sites is 1. The number of nitrogens with one attached hydrogen (secondary N) is 1. The summed E-state index contributed by atoms with van der Waals surface area (Å²) in [5, 5.41) is 2.73. The third kappa shape index (κ3) is 5.16. The first-order valence-electron chi connectivity index (χ1n) is 13.0. The number of nitrogens with zero attached hydrogens (tertiary/aromatic N) is 3. The SMILES string of the molecule is COc1ccc(C(=O)N2CCC3(CC2)C(=O)N(CC(=O)Nc2ccc(F)cc2)CN3c2ccccc2)c(OC)c1. The first-order valence-corrected chi connectivity index (χ1v) is 13.0. The van der Waals surface area contributed by atoms with Crippen molar-refractivity contribution in [2.75, 3.05) is 50.7 Å². The van der Waals surface area contributed by atoms with Crippen molar-refractivity contribution in [3.05, 3.63) is 84.2 Å². The van der Waals surface area contributed by atoms with Crippen molar-refractivity contribution in [1.29, 1.82) is 0 Å². The van der Waals surface area contributed by atoms with Gasteiger partial charge < -0.3 is 29.5 Å². The lowest BCUT2D eigenvalue weighted by molar-refractivity contribution is -0.136. The molecule has 2 fully saturated rings. The summed E-state index contributed by atoms with van der Waals surface area (Å²) in [4.78, 5) is 45.5. The summed E-state index contributed by atoms with van der Waals surface area (Å²) in [6.45, 7) is 0.810. The first-order chi connectivity index (χ1) is 19.3. The van der Waals surface area contributed by atoms with Crippen molar-refractivity contribution in [3.63, 3.8) is 0 Å². The molecule has 9 nitrogen and oxygen atoms in total. The molecule has 0 atom stereocenters. The quantitative estimate of drug-likeness (QED) is 0.485. The van der Waals surface area contributed by atoms with Crippen LogP contribution in [0, 0.1) is 5.82 Å². The van der Waals surface area contributed by atoms with Crippen LogP contribution >= 0.6 is 0 Å². The van der Waals surface area contributed by atoms with Gasteiger partial charge in [-0.1, -0.05) is 18.2 Å². The number of rotatable bonds is 7. The van der Waals surface area contributed by atoms with Gasteiger partial charge in [-0.2, -0.15) is 0 Å². The summed E-state index contributed by atoms with van der Waals surface area (Å²) >= 11 is 0. The number of halogens is 1. The Balaban J connectivity index is 1.34. The molecular formula is C30H31FN4O5. The molecule has 2 aliphatic rings. The molecule has 2 heterocycles. The standard InChI is InChI=1S/C30H31FN4O5/c1-39-24-12-13-25(26(18-24)40-2)28(37)33-16-14-30(15-17-33)29(38)34(20-35(30)23-6-4-3-5-7-23)19-27(36)32-22-10-8-21(31)9-11-22/h3-13,18H,14-17,19-20H2,1-2H3,(H,32,36). The zero-order chi connectivity index (χ0) is 28.3. The fourth-order valence-corrected chi connectivity index (χ4v) is 5.45. The van der Waals surface area contributed by atoms with Crippen molar-refractivity contribution in [2.24, 2.45) is 0 Å². The monoisotopic (exact) mass is 546 g/mol. The maximum Gasteiger partial charge on any atom is 0.257 e. The molecule has 40 heavy (non-hydrogen) atoms. The Hall–Kier alpha value is -4.60. The average molecular weight is 547 g/mol. The maximum atomic E-state index is 13.9. The predicted molar refractivity (Wildman–Crippen MR) is 148 cm³/mol. The molecule has 10 heteroatoms. The van der Waals surface area contributed by atoms with Gasteiger partial charge >= 0.3 is 0 Å². The Labute approximate surface area is 232 Å². The molecule has 0 aliphatic carbocycles. The molecule has 5 rings (SSSR count). The molecule has 3 aromatic rings. The van der Waals surface area contributed by atoms with E-state index >= 15 is 0 Å². The third-order valence-electron chi connectivity index (χ3n) is 7.56. The number of piperidine rings is 1. The Morgan fingerprint density at radius 2 is 1.65 bits per heavy atom. The van der Waals surface area contributed by atoms with Crippen LogP contribution in [-0.2, 0) is 9.59 Å². The second-order valence-corrected chi connectivity index (χ2v) is 9.85. The van der Waals surface area contributed by atoms with Gasteiger partial charge in [0.15, 0.2) is 0 Å². The summed E-state index contributed by atoms with van der Waals surface area (Å²) in [7, 11) is 3.06. The fourth-order valence-electron chi connectivity index (χ4n) is 5.45. The molecular weight excluding hydrogens is 515 g/mol. The second-order valence-electron chi connectivity index (χ2n) is 9.85. The van der Waals surface area contributed by atoms with E-state index in [-0.39, 0.29) is 30.9 Å². The highest BCUT2D eigenvalue weighted by Gasteiger charge is 2.54. The molecule has 2 aliphatic heterocycles. The van der Waals surface area contributed by atoms with E-state index < -0.39 is 11.4 Å². The van der Waals surface area contributed by atoms with Gasteiger partial charge in [0, 0.05) is 30.5 Å². The Kier molecular flexibility index (Phi) is 7.59. The molecule has 3 amide bonds. The highest BCUT2D eigenvalue weighted by atomic mass is 19.1. The van der Waals surface area contributed by atoms with E-state index in [0.29, 0.717) is 48.7 Å². The fraction of sp³-hybridized carbons (Fsp3) is 0.300. The summed E-state index contributed by atoms with van der Waals surface area (Å²) < 4.78 is 23.9. The van der Waals surface area contributed by atoms with E-state index in [0.717, 1.165) is 5.69 Å². The number of hydrogen-bond donors (Lipinski definition) is 1. The summed E-state index contributed by atoms with van der Waals surface area (Å²) in [6, 6.07) is 20.2. The predicted octanol–water partition coefficient (Wildman–Crippen LogP) is 3.76. The molecule has 1 N–H and O–H groups in total. The molecule has 3 aromatic carbocycles. The van der Waals surface area contributed by atoms with Crippen LogP contribution < -0.4 is 19.7 Å². The van der Waals surface area contributed by atoms with Crippen molar-refractivity contribution >= 4 is 29.1 Å². The van der Waals surface area contributed by atoms with Crippen LogP contribution in [0.2, 0.25) is 0 Å². The number of carbonyl (C=O) groups is 3. The van der Waals surface area contributed by atoms with E-state index in [1.165, 1.54) is 36.3 Å². The van der Waals surface area contributed by atoms with Crippen LogP contribution in [0.15, 0.2) is 72.8 Å². The number of methoxy groups -OCH3 is 2. The lowest BCUT2D eigenvalue weighted by atomic mass is 9.85. The summed E-state index contributed by atoms with van der Waals surface area (Å²) in [5.74, 6) is -0.0931. The normalized spacial score (nSPS) is 16.3.